The van der Waals surface area contributed by atoms with Crippen molar-refractivity contribution in [3.05, 3.63) is 10.8 Å². The van der Waals surface area contributed by atoms with Gasteiger partial charge < -0.3 is 10.7 Å². The molecule has 0 aromatic carbocycles. The molecule has 0 atom stereocenters. The summed E-state index contributed by atoms with van der Waals surface area (Å²) in [5, 5.41) is 3.39. The van der Waals surface area contributed by atoms with Crippen molar-refractivity contribution >= 4 is 27.6 Å². The molecule has 4 N–H and O–H groups in total. The van der Waals surface area contributed by atoms with Crippen LogP contribution in [0.5, 0.6) is 0 Å². The van der Waals surface area contributed by atoms with E-state index >= 15 is 0 Å². The fourth-order valence-corrected chi connectivity index (χ4v) is 2.66. The van der Waals surface area contributed by atoms with Crippen molar-refractivity contribution in [2.24, 2.45) is 11.3 Å². The normalized spacial score (nSPS) is 17.4. The van der Waals surface area contributed by atoms with E-state index < -0.39 is 0 Å². The number of hydrogen-bond donors (Lipinski definition) is 3. The largest absolute Gasteiger partial charge is 0.368 e. The molecule has 0 saturated heterocycles. The van der Waals surface area contributed by atoms with Crippen molar-refractivity contribution in [3.8, 4) is 0 Å². The van der Waals surface area contributed by atoms with E-state index in [-0.39, 0.29) is 0 Å². The molecular weight excluding hydrogens is 282 g/mol. The molecule has 0 amide bonds. The Kier molecular flexibility index (Phi) is 3.83. The van der Waals surface area contributed by atoms with Gasteiger partial charge in [-0.15, -0.1) is 0 Å². The lowest BCUT2D eigenvalue weighted by atomic mass is 9.67. The van der Waals surface area contributed by atoms with Gasteiger partial charge in [-0.05, 0) is 40.6 Å². The summed E-state index contributed by atoms with van der Waals surface area (Å²) < 4.78 is 0.785. The van der Waals surface area contributed by atoms with E-state index in [1.807, 2.05) is 0 Å². The summed E-state index contributed by atoms with van der Waals surface area (Å²) in [5.74, 6) is 6.76. The first-order valence-electron chi connectivity index (χ1n) is 5.92. The van der Waals surface area contributed by atoms with Gasteiger partial charge in [0.1, 0.15) is 16.6 Å². The van der Waals surface area contributed by atoms with Gasteiger partial charge in [0.05, 0.1) is 0 Å². The van der Waals surface area contributed by atoms with Gasteiger partial charge in [0, 0.05) is 6.54 Å². The van der Waals surface area contributed by atoms with Crippen LogP contribution in [0, 0.1) is 5.41 Å². The van der Waals surface area contributed by atoms with Crippen LogP contribution in [0.25, 0.3) is 0 Å². The molecule has 0 radical (unpaired) electrons. The molecule has 1 heterocycles. The maximum Gasteiger partial charge on any atom is 0.159 e. The van der Waals surface area contributed by atoms with Gasteiger partial charge in [-0.3, -0.25) is 0 Å². The van der Waals surface area contributed by atoms with E-state index in [0.717, 1.165) is 16.8 Å². The average molecular weight is 300 g/mol. The Balaban J connectivity index is 2.04. The number of anilines is 2. The molecule has 1 aromatic heterocycles. The van der Waals surface area contributed by atoms with Crippen molar-refractivity contribution < 1.29 is 0 Å². The number of nitrogens with zero attached hydrogens (tertiary/aromatic N) is 2. The molecular formula is C11H18BrN5. The molecule has 17 heavy (non-hydrogen) atoms. The molecule has 0 bridgehead atoms. The number of aromatic nitrogens is 2. The van der Waals surface area contributed by atoms with Gasteiger partial charge in [-0.25, -0.2) is 15.8 Å². The highest BCUT2D eigenvalue weighted by molar-refractivity contribution is 9.10. The van der Waals surface area contributed by atoms with Crippen LogP contribution in [0.3, 0.4) is 0 Å². The standard InChI is InChI=1S/C11H18BrN5/c1-2-11(4-3-5-11)6-14-9-8(12)10(17-13)16-7-15-9/h7H,2-6,13H2,1H3,(H2,14,15,16,17). The number of halogens is 1. The third-order valence-corrected chi connectivity index (χ3v) is 4.47. The second-order valence-corrected chi connectivity index (χ2v) is 5.38. The third kappa shape index (κ3) is 2.52. The van der Waals surface area contributed by atoms with Crippen LogP contribution in [0.1, 0.15) is 32.6 Å². The fourth-order valence-electron chi connectivity index (χ4n) is 2.20. The molecule has 1 fully saturated rings. The van der Waals surface area contributed by atoms with E-state index in [1.165, 1.54) is 32.0 Å². The first-order valence-corrected chi connectivity index (χ1v) is 6.71. The van der Waals surface area contributed by atoms with Crippen molar-refractivity contribution in [3.63, 3.8) is 0 Å². The Bertz CT molecular complexity index is 386. The van der Waals surface area contributed by atoms with E-state index in [9.17, 15) is 0 Å². The lowest BCUT2D eigenvalue weighted by Gasteiger charge is -2.41. The minimum Gasteiger partial charge on any atom is -0.368 e. The van der Waals surface area contributed by atoms with Gasteiger partial charge in [-0.2, -0.15) is 0 Å². The Morgan fingerprint density at radius 2 is 2.12 bits per heavy atom. The van der Waals surface area contributed by atoms with E-state index in [2.05, 4.69) is 43.6 Å². The number of hydrogen-bond acceptors (Lipinski definition) is 5. The highest BCUT2D eigenvalue weighted by atomic mass is 79.9. The predicted octanol–water partition coefficient (Wildman–Crippen LogP) is 2.52. The minimum atomic E-state index is 0.459. The molecule has 1 aromatic rings. The first-order chi connectivity index (χ1) is 8.21. The maximum atomic E-state index is 5.37. The maximum absolute atomic E-state index is 5.37. The molecule has 1 saturated carbocycles. The number of nitrogens with two attached hydrogens (primary N) is 1. The molecule has 6 heteroatoms. The Labute approximate surface area is 110 Å². The van der Waals surface area contributed by atoms with Gasteiger partial charge in [0.15, 0.2) is 5.82 Å². The molecule has 94 valence electrons. The molecule has 0 aliphatic heterocycles. The Hall–Kier alpha value is -0.880. The number of rotatable bonds is 5. The molecule has 1 aliphatic rings. The van der Waals surface area contributed by atoms with Crippen LogP contribution in [-0.2, 0) is 0 Å². The van der Waals surface area contributed by atoms with Gasteiger partial charge in [0.25, 0.3) is 0 Å². The highest BCUT2D eigenvalue weighted by Gasteiger charge is 2.34. The summed E-state index contributed by atoms with van der Waals surface area (Å²) in [7, 11) is 0. The van der Waals surface area contributed by atoms with Crippen LogP contribution in [0.15, 0.2) is 10.8 Å². The highest BCUT2D eigenvalue weighted by Crippen LogP contribution is 2.44. The SMILES string of the molecule is CCC1(CNc2ncnc(NN)c2Br)CCC1. The smallest absolute Gasteiger partial charge is 0.159 e. The molecule has 5 nitrogen and oxygen atoms in total. The van der Waals surface area contributed by atoms with Gasteiger partial charge in [-0.1, -0.05) is 13.3 Å². The van der Waals surface area contributed by atoms with Crippen molar-refractivity contribution in [2.45, 2.75) is 32.6 Å². The van der Waals surface area contributed by atoms with Crippen molar-refractivity contribution in [1.29, 1.82) is 0 Å². The molecule has 1 aliphatic carbocycles. The van der Waals surface area contributed by atoms with E-state index in [0.29, 0.717) is 11.2 Å². The van der Waals surface area contributed by atoms with Crippen LogP contribution >= 0.6 is 15.9 Å². The topological polar surface area (TPSA) is 75.9 Å². The zero-order valence-corrected chi connectivity index (χ0v) is 11.5. The van der Waals surface area contributed by atoms with Gasteiger partial charge in [0.2, 0.25) is 0 Å². The van der Waals surface area contributed by atoms with Crippen LogP contribution < -0.4 is 16.6 Å². The van der Waals surface area contributed by atoms with Crippen molar-refractivity contribution in [1.82, 2.24) is 9.97 Å². The summed E-state index contributed by atoms with van der Waals surface area (Å²) in [5.41, 5.74) is 3.00. The molecule has 0 unspecified atom stereocenters. The minimum absolute atomic E-state index is 0.459. The second-order valence-electron chi connectivity index (χ2n) is 4.59. The van der Waals surface area contributed by atoms with Crippen LogP contribution in [0.4, 0.5) is 11.6 Å². The van der Waals surface area contributed by atoms with Crippen LogP contribution in [-0.4, -0.2) is 16.5 Å². The summed E-state index contributed by atoms with van der Waals surface area (Å²) >= 11 is 3.44. The molecule has 2 rings (SSSR count). The zero-order valence-electron chi connectivity index (χ0n) is 9.96. The Morgan fingerprint density at radius 3 is 2.65 bits per heavy atom. The lowest BCUT2D eigenvalue weighted by Crippen LogP contribution is -2.36. The number of nitrogen functional groups attached to an aromatic ring is 1. The van der Waals surface area contributed by atoms with Crippen molar-refractivity contribution in [2.75, 3.05) is 17.3 Å². The van der Waals surface area contributed by atoms with E-state index in [1.54, 1.807) is 0 Å². The fraction of sp³-hybridized carbons (Fsp3) is 0.636. The quantitative estimate of drug-likeness (QED) is 0.575. The predicted molar refractivity (Wildman–Crippen MR) is 72.6 cm³/mol. The number of nitrogens with one attached hydrogen (secondary N) is 2. The van der Waals surface area contributed by atoms with Gasteiger partial charge >= 0.3 is 0 Å². The van der Waals surface area contributed by atoms with Crippen LogP contribution in [0.2, 0.25) is 0 Å². The van der Waals surface area contributed by atoms with E-state index in [4.69, 9.17) is 5.84 Å². The third-order valence-electron chi connectivity index (χ3n) is 3.72. The zero-order chi connectivity index (χ0) is 12.3. The molecule has 0 spiro atoms. The summed E-state index contributed by atoms with van der Waals surface area (Å²) in [6, 6.07) is 0. The number of hydrazine groups is 1. The first kappa shape index (κ1) is 12.6. The lowest BCUT2D eigenvalue weighted by molar-refractivity contribution is 0.145. The summed E-state index contributed by atoms with van der Waals surface area (Å²) in [4.78, 5) is 8.24. The Morgan fingerprint density at radius 1 is 1.41 bits per heavy atom. The monoisotopic (exact) mass is 299 g/mol. The average Bonchev–Trinajstić information content (AvgIpc) is 2.30. The second kappa shape index (κ2) is 5.18. The summed E-state index contributed by atoms with van der Waals surface area (Å²) in [6.07, 6.45) is 6.67. The summed E-state index contributed by atoms with van der Waals surface area (Å²) in [6.45, 7) is 3.21.